The first-order chi connectivity index (χ1) is 18.7. The summed E-state index contributed by atoms with van der Waals surface area (Å²) in [5.41, 5.74) is -0.0892. The molecule has 1 aromatic heterocycles. The van der Waals surface area contributed by atoms with Crippen molar-refractivity contribution >= 4 is 28.9 Å². The number of anilines is 2. The Hall–Kier alpha value is -4.58. The Balaban J connectivity index is 1.73. The number of amides is 1. The normalized spacial score (nSPS) is 21.0. The number of carbonyl (C=O) groups excluding carboxylic acids is 2. The van der Waals surface area contributed by atoms with Crippen LogP contribution in [0.25, 0.3) is 5.82 Å². The highest BCUT2D eigenvalue weighted by Gasteiger charge is 2.62. The first-order valence-electron chi connectivity index (χ1n) is 12.7. The van der Waals surface area contributed by atoms with Gasteiger partial charge in [-0.2, -0.15) is 18.4 Å². The number of nitrogens with zero attached hydrogens (tertiary/aromatic N) is 4. The summed E-state index contributed by atoms with van der Waals surface area (Å²) in [4.78, 5) is 31.5. The molecule has 3 aromatic rings. The molecule has 2 aliphatic heterocycles. The number of ketones is 1. The average molecular weight is 529 g/mol. The smallest absolute Gasteiger partial charge is 0.311 e. The van der Waals surface area contributed by atoms with E-state index in [0.29, 0.717) is 47.8 Å². The molecule has 1 spiro atoms. The summed E-state index contributed by atoms with van der Waals surface area (Å²) in [5, 5.41) is 10.8. The number of benzene rings is 2. The molecule has 39 heavy (non-hydrogen) atoms. The number of hydrogen-bond acceptors (Lipinski definition) is 4. The third-order valence-electron chi connectivity index (χ3n) is 7.73. The molecule has 0 saturated carbocycles. The molecule has 1 amide bonds. The Morgan fingerprint density at radius 2 is 1.67 bits per heavy atom. The number of alkyl halides is 3. The summed E-state index contributed by atoms with van der Waals surface area (Å²) in [6.07, 6.45) is 0.0535. The highest BCUT2D eigenvalue weighted by molar-refractivity contribution is 6.22. The van der Waals surface area contributed by atoms with E-state index in [0.717, 1.165) is 12.1 Å². The highest BCUT2D eigenvalue weighted by Crippen LogP contribution is 2.58. The standard InChI is InChI=1S/C30H23F3N4O2/c1-2-36-23-9-4-3-8-21(23)29(28(36)39)22(18-34)27(35-16-5-6-17-35)37(24-10-7-11-25(38)26(24)29)20-14-12-19(13-15-20)30(31,32)33/h3-6,8-9,12-17H,2,7,10-11H2,1H3. The molecule has 1 atom stereocenters. The molecule has 9 heteroatoms. The number of rotatable bonds is 3. The summed E-state index contributed by atoms with van der Waals surface area (Å²) < 4.78 is 41.8. The van der Waals surface area contributed by atoms with Crippen LogP contribution in [0.15, 0.2) is 89.9 Å². The van der Waals surface area contributed by atoms with Crippen LogP contribution >= 0.6 is 0 Å². The largest absolute Gasteiger partial charge is 0.416 e. The number of fused-ring (bicyclic) bond motifs is 3. The van der Waals surface area contributed by atoms with Crippen molar-refractivity contribution in [3.05, 3.63) is 101 Å². The zero-order valence-corrected chi connectivity index (χ0v) is 21.0. The number of hydrogen-bond donors (Lipinski definition) is 0. The molecule has 0 radical (unpaired) electrons. The fraction of sp³-hybridized carbons (Fsp3) is 0.233. The van der Waals surface area contributed by atoms with E-state index in [9.17, 15) is 28.0 Å². The molecule has 0 bridgehead atoms. The summed E-state index contributed by atoms with van der Waals surface area (Å²) in [5.74, 6) is -0.299. The maximum Gasteiger partial charge on any atom is 0.416 e. The van der Waals surface area contributed by atoms with Crippen LogP contribution in [0.5, 0.6) is 0 Å². The first kappa shape index (κ1) is 24.7. The van der Waals surface area contributed by atoms with Gasteiger partial charge < -0.3 is 9.47 Å². The number of halogens is 3. The van der Waals surface area contributed by atoms with Crippen LogP contribution in [0.1, 0.15) is 37.3 Å². The van der Waals surface area contributed by atoms with E-state index < -0.39 is 17.2 Å². The van der Waals surface area contributed by atoms with E-state index in [4.69, 9.17) is 0 Å². The number of Topliss-reactive ketones (excluding diaryl/α,β-unsaturated/α-hetero) is 1. The lowest BCUT2D eigenvalue weighted by molar-refractivity contribution is -0.137. The van der Waals surface area contributed by atoms with Gasteiger partial charge in [0.15, 0.2) is 5.78 Å². The second-order valence-electron chi connectivity index (χ2n) is 9.70. The van der Waals surface area contributed by atoms with E-state index >= 15 is 0 Å². The summed E-state index contributed by atoms with van der Waals surface area (Å²) in [6.45, 7) is 2.18. The number of para-hydroxylation sites is 1. The monoisotopic (exact) mass is 528 g/mol. The molecule has 1 aliphatic carbocycles. The van der Waals surface area contributed by atoms with Gasteiger partial charge in [-0.15, -0.1) is 0 Å². The van der Waals surface area contributed by atoms with E-state index in [1.807, 2.05) is 19.1 Å². The van der Waals surface area contributed by atoms with Crippen LogP contribution in [-0.4, -0.2) is 22.8 Å². The van der Waals surface area contributed by atoms with Crippen molar-refractivity contribution in [1.29, 1.82) is 5.26 Å². The number of allylic oxidation sites excluding steroid dienone is 1. The number of likely N-dealkylation sites (N-methyl/N-ethyl adjacent to an activating group) is 1. The van der Waals surface area contributed by atoms with Gasteiger partial charge in [0, 0.05) is 53.6 Å². The molecule has 0 saturated heterocycles. The Morgan fingerprint density at radius 3 is 2.31 bits per heavy atom. The lowest BCUT2D eigenvalue weighted by atomic mass is 9.63. The second kappa shape index (κ2) is 8.73. The van der Waals surface area contributed by atoms with Crippen LogP contribution in [-0.2, 0) is 21.2 Å². The molecule has 196 valence electrons. The van der Waals surface area contributed by atoms with Crippen LogP contribution in [0, 0.1) is 11.3 Å². The summed E-state index contributed by atoms with van der Waals surface area (Å²) in [6, 6.07) is 17.6. The Labute approximate surface area is 222 Å². The van der Waals surface area contributed by atoms with Gasteiger partial charge in [-0.3, -0.25) is 14.5 Å². The van der Waals surface area contributed by atoms with Gasteiger partial charge in [-0.25, -0.2) is 0 Å². The zero-order chi connectivity index (χ0) is 27.5. The van der Waals surface area contributed by atoms with Crippen molar-refractivity contribution in [2.75, 3.05) is 16.3 Å². The molecule has 0 N–H and O–H groups in total. The number of nitriles is 1. The predicted molar refractivity (Wildman–Crippen MR) is 139 cm³/mol. The molecule has 0 fully saturated rings. The topological polar surface area (TPSA) is 69.3 Å². The van der Waals surface area contributed by atoms with Crippen LogP contribution in [0.2, 0.25) is 0 Å². The Kier molecular flexibility index (Phi) is 5.54. The maximum atomic E-state index is 14.5. The lowest BCUT2D eigenvalue weighted by Crippen LogP contribution is -2.51. The molecule has 3 heterocycles. The molecule has 2 aromatic carbocycles. The summed E-state index contributed by atoms with van der Waals surface area (Å²) in [7, 11) is 0. The highest BCUT2D eigenvalue weighted by atomic mass is 19.4. The van der Waals surface area contributed by atoms with E-state index in [1.54, 1.807) is 51.0 Å². The third-order valence-corrected chi connectivity index (χ3v) is 7.73. The maximum absolute atomic E-state index is 14.5. The van der Waals surface area contributed by atoms with E-state index in [2.05, 4.69) is 6.07 Å². The van der Waals surface area contributed by atoms with Crippen molar-refractivity contribution in [2.24, 2.45) is 0 Å². The molecular weight excluding hydrogens is 505 g/mol. The van der Waals surface area contributed by atoms with Gasteiger partial charge in [0.1, 0.15) is 17.3 Å². The third kappa shape index (κ3) is 3.34. The molecular formula is C30H23F3N4O2. The van der Waals surface area contributed by atoms with E-state index in [1.165, 1.54) is 12.1 Å². The SMILES string of the molecule is CCN1C(=O)C2(C(C#N)=C(n3cccc3)N(c3ccc(C(F)(F)F)cc3)C3=C2C(=O)CCC3)c2ccccc21. The minimum atomic E-state index is -4.52. The van der Waals surface area contributed by atoms with Crippen molar-refractivity contribution in [3.8, 4) is 6.07 Å². The van der Waals surface area contributed by atoms with Crippen molar-refractivity contribution < 1.29 is 22.8 Å². The average Bonchev–Trinajstić information content (AvgIpc) is 3.54. The summed E-state index contributed by atoms with van der Waals surface area (Å²) >= 11 is 0. The Morgan fingerprint density at radius 1 is 0.974 bits per heavy atom. The lowest BCUT2D eigenvalue weighted by Gasteiger charge is -2.45. The van der Waals surface area contributed by atoms with Gasteiger partial charge >= 0.3 is 6.18 Å². The predicted octanol–water partition coefficient (Wildman–Crippen LogP) is 6.03. The minimum absolute atomic E-state index is 0.0565. The molecule has 6 nitrogen and oxygen atoms in total. The quantitative estimate of drug-likeness (QED) is 0.416. The van der Waals surface area contributed by atoms with E-state index in [-0.39, 0.29) is 29.3 Å². The van der Waals surface area contributed by atoms with Gasteiger partial charge in [-0.05, 0) is 62.2 Å². The molecule has 3 aliphatic rings. The van der Waals surface area contributed by atoms with Crippen molar-refractivity contribution in [1.82, 2.24) is 4.57 Å². The van der Waals surface area contributed by atoms with Crippen LogP contribution < -0.4 is 9.80 Å². The van der Waals surface area contributed by atoms with Crippen molar-refractivity contribution in [2.45, 2.75) is 37.8 Å². The van der Waals surface area contributed by atoms with Gasteiger partial charge in [0.05, 0.1) is 11.1 Å². The number of carbonyl (C=O) groups is 2. The fourth-order valence-electron chi connectivity index (χ4n) is 6.19. The number of aromatic nitrogens is 1. The zero-order valence-electron chi connectivity index (χ0n) is 21.0. The Bertz CT molecular complexity index is 1610. The molecule has 1 unspecified atom stereocenters. The minimum Gasteiger partial charge on any atom is -0.311 e. The van der Waals surface area contributed by atoms with Crippen molar-refractivity contribution in [3.63, 3.8) is 0 Å². The molecule has 6 rings (SSSR count). The van der Waals surface area contributed by atoms with Gasteiger partial charge in [0.25, 0.3) is 0 Å². The van der Waals surface area contributed by atoms with Crippen LogP contribution in [0.3, 0.4) is 0 Å². The first-order valence-corrected chi connectivity index (χ1v) is 12.7. The second-order valence-corrected chi connectivity index (χ2v) is 9.70. The fourth-order valence-corrected chi connectivity index (χ4v) is 6.19. The van der Waals surface area contributed by atoms with Gasteiger partial charge in [0.2, 0.25) is 5.91 Å². The van der Waals surface area contributed by atoms with Crippen LogP contribution in [0.4, 0.5) is 24.5 Å². The van der Waals surface area contributed by atoms with Gasteiger partial charge in [-0.1, -0.05) is 18.2 Å².